The second kappa shape index (κ2) is 9.00. The van der Waals surface area contributed by atoms with Gasteiger partial charge < -0.3 is 14.4 Å². The van der Waals surface area contributed by atoms with Gasteiger partial charge >= 0.3 is 6.09 Å². The number of rotatable bonds is 5. The van der Waals surface area contributed by atoms with Crippen LogP contribution in [-0.4, -0.2) is 48.7 Å². The number of anilines is 1. The van der Waals surface area contributed by atoms with Gasteiger partial charge in [-0.2, -0.15) is 0 Å². The molecule has 6 nitrogen and oxygen atoms in total. The Bertz CT molecular complexity index is 916. The van der Waals surface area contributed by atoms with Crippen LogP contribution in [0.3, 0.4) is 0 Å². The number of amides is 2. The summed E-state index contributed by atoms with van der Waals surface area (Å²) in [7, 11) is 0. The molecule has 2 fully saturated rings. The monoisotopic (exact) mass is 422 g/mol. The summed E-state index contributed by atoms with van der Waals surface area (Å²) in [6, 6.07) is 15.4. The molecule has 2 aliphatic heterocycles. The van der Waals surface area contributed by atoms with E-state index in [0.717, 1.165) is 24.3 Å². The van der Waals surface area contributed by atoms with E-state index in [-0.39, 0.29) is 30.1 Å². The fraction of sp³-hybridized carbons (Fsp3) is 0.440. The minimum atomic E-state index is -0.326. The Hall–Kier alpha value is -3.02. The number of hydrogen-bond acceptors (Lipinski definition) is 4. The first kappa shape index (κ1) is 21.2. The van der Waals surface area contributed by atoms with E-state index in [1.807, 2.05) is 41.3 Å². The molecule has 2 aromatic carbocycles. The number of carbonyl (C=O) groups is 2. The van der Waals surface area contributed by atoms with Crippen molar-refractivity contribution in [3.63, 3.8) is 0 Å². The second-order valence-electron chi connectivity index (χ2n) is 8.73. The van der Waals surface area contributed by atoms with Gasteiger partial charge in [0, 0.05) is 37.2 Å². The highest BCUT2D eigenvalue weighted by Crippen LogP contribution is 2.28. The van der Waals surface area contributed by atoms with Crippen LogP contribution in [0.15, 0.2) is 48.5 Å². The predicted molar refractivity (Wildman–Crippen MR) is 120 cm³/mol. The Kier molecular flexibility index (Phi) is 6.16. The molecule has 6 heteroatoms. The number of carbonyl (C=O) groups excluding carboxylic acids is 2. The maximum absolute atomic E-state index is 13.0. The molecule has 31 heavy (non-hydrogen) atoms. The molecule has 2 heterocycles. The van der Waals surface area contributed by atoms with Crippen LogP contribution in [0.25, 0.3) is 0 Å². The zero-order valence-corrected chi connectivity index (χ0v) is 18.4. The number of benzene rings is 2. The van der Waals surface area contributed by atoms with Gasteiger partial charge in [0.15, 0.2) is 0 Å². The molecule has 1 unspecified atom stereocenters. The van der Waals surface area contributed by atoms with Gasteiger partial charge in [-0.3, -0.25) is 9.69 Å². The van der Waals surface area contributed by atoms with Crippen molar-refractivity contribution in [1.29, 1.82) is 0 Å². The third-order valence-corrected chi connectivity index (χ3v) is 6.12. The summed E-state index contributed by atoms with van der Waals surface area (Å²) in [6.07, 6.45) is 1.43. The van der Waals surface area contributed by atoms with Crippen molar-refractivity contribution < 1.29 is 19.1 Å². The average Bonchev–Trinajstić information content (AvgIpc) is 3.17. The quantitative estimate of drug-likeness (QED) is 0.703. The predicted octanol–water partition coefficient (Wildman–Crippen LogP) is 4.66. The lowest BCUT2D eigenvalue weighted by atomic mass is 10.0. The molecule has 164 valence electrons. The first-order valence-corrected chi connectivity index (χ1v) is 11.0. The lowest BCUT2D eigenvalue weighted by Crippen LogP contribution is -2.41. The van der Waals surface area contributed by atoms with Crippen molar-refractivity contribution >= 4 is 17.7 Å². The van der Waals surface area contributed by atoms with E-state index >= 15 is 0 Å². The van der Waals surface area contributed by atoms with E-state index in [9.17, 15) is 9.59 Å². The number of likely N-dealkylation sites (tertiary alicyclic amines) is 1. The topological polar surface area (TPSA) is 59.1 Å². The van der Waals surface area contributed by atoms with Crippen molar-refractivity contribution in [2.45, 2.75) is 45.8 Å². The Morgan fingerprint density at radius 2 is 1.68 bits per heavy atom. The maximum Gasteiger partial charge on any atom is 0.414 e. The lowest BCUT2D eigenvalue weighted by molar-refractivity contribution is 0.0595. The summed E-state index contributed by atoms with van der Waals surface area (Å²) in [5.41, 5.74) is 2.61. The van der Waals surface area contributed by atoms with E-state index in [2.05, 4.69) is 20.8 Å². The van der Waals surface area contributed by atoms with E-state index in [1.54, 1.807) is 17.0 Å². The zero-order valence-electron chi connectivity index (χ0n) is 18.4. The minimum absolute atomic E-state index is 0.0154. The molecule has 2 amide bonds. The molecule has 0 N–H and O–H groups in total. The van der Waals surface area contributed by atoms with Crippen LogP contribution in [0.5, 0.6) is 5.75 Å². The van der Waals surface area contributed by atoms with E-state index in [4.69, 9.17) is 9.47 Å². The fourth-order valence-electron chi connectivity index (χ4n) is 4.16. The summed E-state index contributed by atoms with van der Waals surface area (Å²) >= 11 is 0. The van der Waals surface area contributed by atoms with Crippen LogP contribution in [0.1, 0.15) is 42.6 Å². The molecule has 4 rings (SSSR count). The largest absolute Gasteiger partial charge is 0.490 e. The molecule has 0 aromatic heterocycles. The van der Waals surface area contributed by atoms with Gasteiger partial charge in [0.05, 0.1) is 6.04 Å². The van der Waals surface area contributed by atoms with Crippen molar-refractivity contribution in [3.8, 4) is 5.75 Å². The molecule has 0 aliphatic carbocycles. The lowest BCUT2D eigenvalue weighted by Gasteiger charge is -2.32. The normalized spacial score (nSPS) is 19.6. The van der Waals surface area contributed by atoms with Crippen LogP contribution in [0, 0.1) is 12.8 Å². The van der Waals surface area contributed by atoms with Crippen molar-refractivity contribution in [1.82, 2.24) is 4.90 Å². The molecular formula is C25H30N2O4. The summed E-state index contributed by atoms with van der Waals surface area (Å²) in [4.78, 5) is 28.7. The van der Waals surface area contributed by atoms with Gasteiger partial charge in [-0.05, 0) is 49.2 Å². The van der Waals surface area contributed by atoms with Gasteiger partial charge in [0.2, 0.25) is 0 Å². The molecule has 0 radical (unpaired) electrons. The smallest absolute Gasteiger partial charge is 0.414 e. The number of cyclic esters (lactones) is 1. The number of aryl methyl sites for hydroxylation is 1. The van der Waals surface area contributed by atoms with Crippen molar-refractivity contribution in [3.05, 3.63) is 59.7 Å². The van der Waals surface area contributed by atoms with Crippen molar-refractivity contribution in [2.75, 3.05) is 24.6 Å². The van der Waals surface area contributed by atoms with E-state index in [1.165, 1.54) is 5.56 Å². The van der Waals surface area contributed by atoms with Crippen LogP contribution < -0.4 is 9.64 Å². The third kappa shape index (κ3) is 4.68. The Balaban J connectivity index is 1.35. The summed E-state index contributed by atoms with van der Waals surface area (Å²) < 4.78 is 11.3. The molecule has 2 aliphatic rings. The molecule has 2 saturated heterocycles. The molecule has 1 atom stereocenters. The summed E-state index contributed by atoms with van der Waals surface area (Å²) in [5.74, 6) is 1.19. The van der Waals surface area contributed by atoms with Crippen LogP contribution in [0.2, 0.25) is 0 Å². The first-order valence-electron chi connectivity index (χ1n) is 11.0. The number of nitrogens with zero attached hydrogens (tertiary/aromatic N) is 2. The van der Waals surface area contributed by atoms with E-state index < -0.39 is 0 Å². The van der Waals surface area contributed by atoms with Crippen LogP contribution >= 0.6 is 0 Å². The highest BCUT2D eigenvalue weighted by atomic mass is 16.6. The minimum Gasteiger partial charge on any atom is -0.490 e. The Morgan fingerprint density at radius 3 is 2.29 bits per heavy atom. The maximum atomic E-state index is 13.0. The van der Waals surface area contributed by atoms with Gasteiger partial charge in [0.1, 0.15) is 18.5 Å². The van der Waals surface area contributed by atoms with Crippen molar-refractivity contribution in [2.24, 2.45) is 5.92 Å². The molecule has 0 saturated carbocycles. The Morgan fingerprint density at radius 1 is 1.03 bits per heavy atom. The number of ether oxygens (including phenoxy) is 2. The fourth-order valence-corrected chi connectivity index (χ4v) is 4.16. The number of hydrogen-bond donors (Lipinski definition) is 0. The van der Waals surface area contributed by atoms with E-state index in [0.29, 0.717) is 25.3 Å². The van der Waals surface area contributed by atoms with Crippen LogP contribution in [0.4, 0.5) is 10.5 Å². The first-order chi connectivity index (χ1) is 14.9. The van der Waals surface area contributed by atoms with Gasteiger partial charge in [0.25, 0.3) is 5.91 Å². The third-order valence-electron chi connectivity index (χ3n) is 6.12. The molecular weight excluding hydrogens is 392 g/mol. The molecule has 2 aromatic rings. The van der Waals surface area contributed by atoms with Gasteiger partial charge in [-0.15, -0.1) is 0 Å². The zero-order chi connectivity index (χ0) is 22.0. The molecule has 0 spiro atoms. The highest BCUT2D eigenvalue weighted by molar-refractivity contribution is 5.96. The number of piperidine rings is 1. The van der Waals surface area contributed by atoms with Crippen LogP contribution in [-0.2, 0) is 4.74 Å². The summed E-state index contributed by atoms with van der Waals surface area (Å²) in [6.45, 7) is 7.94. The summed E-state index contributed by atoms with van der Waals surface area (Å²) in [5, 5.41) is 0. The average molecular weight is 423 g/mol. The van der Waals surface area contributed by atoms with Gasteiger partial charge in [-0.1, -0.05) is 31.5 Å². The molecule has 0 bridgehead atoms. The Labute approximate surface area is 183 Å². The highest BCUT2D eigenvalue weighted by Gasteiger charge is 2.36. The SMILES string of the molecule is Cc1ccc(OC2CCN(C(=O)c3ccc(N4C(=O)OCC4C(C)C)cc3)CC2)cc1. The second-order valence-corrected chi connectivity index (χ2v) is 8.73. The van der Waals surface area contributed by atoms with Gasteiger partial charge in [-0.25, -0.2) is 4.79 Å². The standard InChI is InChI=1S/C25H30N2O4/c1-17(2)23-16-30-25(29)27(23)20-8-6-19(7-9-20)24(28)26-14-12-22(13-15-26)31-21-10-4-18(3)5-11-21/h4-11,17,22-23H,12-16H2,1-3H3.